The summed E-state index contributed by atoms with van der Waals surface area (Å²) in [5.74, 6) is -0.165. The van der Waals surface area contributed by atoms with Crippen LogP contribution in [0.25, 0.3) is 0 Å². The van der Waals surface area contributed by atoms with Gasteiger partial charge in [-0.25, -0.2) is 0 Å². The number of benzene rings is 2. The summed E-state index contributed by atoms with van der Waals surface area (Å²) in [7, 11) is 0. The lowest BCUT2D eigenvalue weighted by molar-refractivity contribution is 0.102. The van der Waals surface area contributed by atoms with E-state index < -0.39 is 0 Å². The van der Waals surface area contributed by atoms with Crippen LogP contribution < -0.4 is 10.2 Å². The molecule has 0 radical (unpaired) electrons. The van der Waals surface area contributed by atoms with Crippen LogP contribution in [-0.4, -0.2) is 17.4 Å². The maximum Gasteiger partial charge on any atom is 0.257 e. The first-order valence-electron chi connectivity index (χ1n) is 9.58. The Hall–Kier alpha value is -3.14. The van der Waals surface area contributed by atoms with Crippen LogP contribution in [0, 0.1) is 0 Å². The fraction of sp³-hybridized carbons (Fsp3) is 0.250. The first-order valence-corrected chi connectivity index (χ1v) is 9.58. The third-order valence-corrected chi connectivity index (χ3v) is 4.69. The molecule has 0 aliphatic carbocycles. The van der Waals surface area contributed by atoms with Crippen molar-refractivity contribution >= 4 is 23.0 Å². The van der Waals surface area contributed by atoms with Gasteiger partial charge in [0.15, 0.2) is 0 Å². The lowest BCUT2D eigenvalue weighted by atomic mass is 9.87. The van der Waals surface area contributed by atoms with Gasteiger partial charge in [-0.15, -0.1) is 0 Å². The summed E-state index contributed by atoms with van der Waals surface area (Å²) in [4.78, 5) is 19.1. The number of rotatable bonds is 5. The topological polar surface area (TPSA) is 45.2 Å². The first-order chi connectivity index (χ1) is 13.4. The molecule has 28 heavy (non-hydrogen) atoms. The normalized spacial score (nSPS) is 11.1. The van der Waals surface area contributed by atoms with Crippen LogP contribution >= 0.6 is 0 Å². The molecule has 0 bridgehead atoms. The van der Waals surface area contributed by atoms with Crippen molar-refractivity contribution in [3.8, 4) is 0 Å². The Labute approximate surface area is 167 Å². The number of carbonyl (C=O) groups is 1. The average Bonchev–Trinajstić information content (AvgIpc) is 2.69. The SMILES string of the molecule is CCN(c1ccccc1)c1cncc(C(=O)Nc2ccc(C(C)(C)C)cc2)c1. The minimum atomic E-state index is -0.165. The summed E-state index contributed by atoms with van der Waals surface area (Å²) < 4.78 is 0. The zero-order valence-corrected chi connectivity index (χ0v) is 16.9. The van der Waals surface area contributed by atoms with Crippen molar-refractivity contribution in [2.75, 3.05) is 16.8 Å². The molecule has 0 spiro atoms. The predicted octanol–water partition coefficient (Wildman–Crippen LogP) is 5.79. The predicted molar refractivity (Wildman–Crippen MR) is 116 cm³/mol. The Balaban J connectivity index is 1.79. The van der Waals surface area contributed by atoms with Crippen molar-refractivity contribution in [2.45, 2.75) is 33.1 Å². The monoisotopic (exact) mass is 373 g/mol. The fourth-order valence-corrected chi connectivity index (χ4v) is 3.08. The third-order valence-electron chi connectivity index (χ3n) is 4.69. The van der Waals surface area contributed by atoms with Crippen LogP contribution in [0.2, 0.25) is 0 Å². The molecule has 3 rings (SSSR count). The lowest BCUT2D eigenvalue weighted by Gasteiger charge is -2.23. The number of nitrogens with zero attached hydrogens (tertiary/aromatic N) is 2. The van der Waals surface area contributed by atoms with E-state index in [4.69, 9.17) is 0 Å². The van der Waals surface area contributed by atoms with Gasteiger partial charge in [0.1, 0.15) is 0 Å². The summed E-state index contributed by atoms with van der Waals surface area (Å²) in [5.41, 5.74) is 4.59. The quantitative estimate of drug-likeness (QED) is 0.616. The molecule has 2 aromatic carbocycles. The number of anilines is 3. The van der Waals surface area contributed by atoms with E-state index in [2.05, 4.69) is 55.0 Å². The molecule has 144 valence electrons. The van der Waals surface area contributed by atoms with Crippen LogP contribution in [0.4, 0.5) is 17.1 Å². The van der Waals surface area contributed by atoms with Crippen molar-refractivity contribution in [1.82, 2.24) is 4.98 Å². The maximum atomic E-state index is 12.7. The summed E-state index contributed by atoms with van der Waals surface area (Å²) in [5, 5.41) is 2.96. The van der Waals surface area contributed by atoms with Gasteiger partial charge in [0.25, 0.3) is 5.91 Å². The highest BCUT2D eigenvalue weighted by Crippen LogP contribution is 2.26. The van der Waals surface area contributed by atoms with Crippen LogP contribution in [-0.2, 0) is 5.41 Å². The molecular weight excluding hydrogens is 346 g/mol. The number of pyridine rings is 1. The van der Waals surface area contributed by atoms with Crippen molar-refractivity contribution in [3.05, 3.63) is 84.2 Å². The number of aromatic nitrogens is 1. The zero-order valence-electron chi connectivity index (χ0n) is 16.9. The second-order valence-corrected chi connectivity index (χ2v) is 7.79. The van der Waals surface area contributed by atoms with Gasteiger partial charge < -0.3 is 10.2 Å². The average molecular weight is 374 g/mol. The number of nitrogens with one attached hydrogen (secondary N) is 1. The fourth-order valence-electron chi connectivity index (χ4n) is 3.08. The molecule has 0 fully saturated rings. The highest BCUT2D eigenvalue weighted by Gasteiger charge is 2.14. The molecule has 1 aromatic heterocycles. The van der Waals surface area contributed by atoms with E-state index in [1.165, 1.54) is 5.56 Å². The summed E-state index contributed by atoms with van der Waals surface area (Å²) >= 11 is 0. The summed E-state index contributed by atoms with van der Waals surface area (Å²) in [6, 6.07) is 20.0. The van der Waals surface area contributed by atoms with Crippen molar-refractivity contribution in [1.29, 1.82) is 0 Å². The van der Waals surface area contributed by atoms with Gasteiger partial charge in [-0.05, 0) is 48.2 Å². The van der Waals surface area contributed by atoms with Crippen LogP contribution in [0.15, 0.2) is 73.1 Å². The summed E-state index contributed by atoms with van der Waals surface area (Å²) in [6.45, 7) is 9.37. The van der Waals surface area contributed by atoms with Crippen molar-refractivity contribution in [3.63, 3.8) is 0 Å². The van der Waals surface area contributed by atoms with Gasteiger partial charge in [-0.1, -0.05) is 51.1 Å². The number of carbonyl (C=O) groups excluding carboxylic acids is 1. The molecule has 1 N–H and O–H groups in total. The number of hydrogen-bond acceptors (Lipinski definition) is 3. The molecule has 3 aromatic rings. The third kappa shape index (κ3) is 4.58. The minimum Gasteiger partial charge on any atom is -0.340 e. The number of para-hydroxylation sites is 1. The van der Waals surface area contributed by atoms with Gasteiger partial charge in [-0.3, -0.25) is 9.78 Å². The van der Waals surface area contributed by atoms with Gasteiger partial charge in [-0.2, -0.15) is 0 Å². The molecule has 1 heterocycles. The largest absolute Gasteiger partial charge is 0.340 e. The molecule has 0 aliphatic heterocycles. The van der Waals surface area contributed by atoms with Crippen LogP contribution in [0.1, 0.15) is 43.6 Å². The molecule has 0 saturated carbocycles. The Morgan fingerprint density at radius 2 is 1.64 bits per heavy atom. The lowest BCUT2D eigenvalue weighted by Crippen LogP contribution is -2.18. The van der Waals surface area contributed by atoms with Crippen molar-refractivity contribution in [2.24, 2.45) is 0 Å². The Kier molecular flexibility index (Phi) is 5.78. The Morgan fingerprint density at radius 3 is 2.25 bits per heavy atom. The second kappa shape index (κ2) is 8.26. The van der Waals surface area contributed by atoms with E-state index in [9.17, 15) is 4.79 Å². The zero-order chi connectivity index (χ0) is 20.1. The van der Waals surface area contributed by atoms with E-state index in [0.717, 1.165) is 23.6 Å². The molecule has 4 heteroatoms. The molecule has 1 amide bonds. The highest BCUT2D eigenvalue weighted by atomic mass is 16.1. The smallest absolute Gasteiger partial charge is 0.257 e. The Morgan fingerprint density at radius 1 is 0.964 bits per heavy atom. The van der Waals surface area contributed by atoms with Gasteiger partial charge >= 0.3 is 0 Å². The minimum absolute atomic E-state index is 0.0852. The summed E-state index contributed by atoms with van der Waals surface area (Å²) in [6.07, 6.45) is 3.38. The maximum absolute atomic E-state index is 12.7. The number of hydrogen-bond donors (Lipinski definition) is 1. The molecule has 0 atom stereocenters. The molecule has 4 nitrogen and oxygen atoms in total. The van der Waals surface area contributed by atoms with E-state index in [-0.39, 0.29) is 11.3 Å². The van der Waals surface area contributed by atoms with E-state index in [0.29, 0.717) is 5.56 Å². The molecule has 0 saturated heterocycles. The van der Waals surface area contributed by atoms with E-state index in [1.807, 2.05) is 48.5 Å². The van der Waals surface area contributed by atoms with Crippen LogP contribution in [0.3, 0.4) is 0 Å². The van der Waals surface area contributed by atoms with Gasteiger partial charge in [0.05, 0.1) is 17.4 Å². The van der Waals surface area contributed by atoms with Gasteiger partial charge in [0, 0.05) is 24.1 Å². The molecule has 0 unspecified atom stereocenters. The standard InChI is InChI=1S/C24H27N3O/c1-5-27(21-9-7-6-8-10-21)22-15-18(16-25-17-22)23(28)26-20-13-11-19(12-14-20)24(2,3)4/h6-17H,5H2,1-4H3,(H,26,28). The van der Waals surface area contributed by atoms with Crippen molar-refractivity contribution < 1.29 is 4.79 Å². The highest BCUT2D eigenvalue weighted by molar-refractivity contribution is 6.04. The molecular formula is C24H27N3O. The Bertz CT molecular complexity index is 928. The number of amides is 1. The first kappa shape index (κ1) is 19.6. The second-order valence-electron chi connectivity index (χ2n) is 7.79. The van der Waals surface area contributed by atoms with Gasteiger partial charge in [0.2, 0.25) is 0 Å². The van der Waals surface area contributed by atoms with E-state index in [1.54, 1.807) is 12.4 Å². The van der Waals surface area contributed by atoms with E-state index >= 15 is 0 Å². The van der Waals surface area contributed by atoms with Crippen LogP contribution in [0.5, 0.6) is 0 Å². The molecule has 0 aliphatic rings.